The van der Waals surface area contributed by atoms with Crippen molar-refractivity contribution in [2.45, 2.75) is 48.5 Å². The van der Waals surface area contributed by atoms with Crippen LogP contribution in [-0.4, -0.2) is 30.2 Å². The smallest absolute Gasteiger partial charge is 0.340 e. The van der Waals surface area contributed by atoms with E-state index in [0.717, 1.165) is 50.8 Å². The molecule has 1 amide bonds. The van der Waals surface area contributed by atoms with Crippen molar-refractivity contribution < 1.29 is 19.1 Å². The van der Waals surface area contributed by atoms with E-state index in [9.17, 15) is 9.59 Å². The minimum absolute atomic E-state index is 0.225. The third-order valence-electron chi connectivity index (χ3n) is 6.97. The lowest BCUT2D eigenvalue weighted by Crippen LogP contribution is -2.24. The maximum Gasteiger partial charge on any atom is 0.340 e. The van der Waals surface area contributed by atoms with Crippen LogP contribution in [0.1, 0.15) is 47.5 Å². The SMILES string of the molecule is CCOC(=O)C1=C(C)N(c2ccc(C)c(C)c2)C(=O)/C1=C\c1cc(C)n(-c2cc(C)ccc2OC)c1C. The zero-order chi connectivity index (χ0) is 27.0. The molecule has 192 valence electrons. The normalized spacial score (nSPS) is 14.6. The van der Waals surface area contributed by atoms with Crippen molar-refractivity contribution in [3.8, 4) is 11.4 Å². The summed E-state index contributed by atoms with van der Waals surface area (Å²) in [6.07, 6.45) is 1.81. The number of anilines is 1. The Hall–Kier alpha value is -4.06. The molecule has 6 nitrogen and oxygen atoms in total. The van der Waals surface area contributed by atoms with Gasteiger partial charge < -0.3 is 14.0 Å². The molecule has 37 heavy (non-hydrogen) atoms. The summed E-state index contributed by atoms with van der Waals surface area (Å²) < 4.78 is 13.1. The Morgan fingerprint density at radius 2 is 1.68 bits per heavy atom. The van der Waals surface area contributed by atoms with Crippen LogP contribution in [0.3, 0.4) is 0 Å². The second-order valence-electron chi connectivity index (χ2n) is 9.49. The van der Waals surface area contributed by atoms with Gasteiger partial charge in [0.2, 0.25) is 0 Å². The lowest BCUT2D eigenvalue weighted by molar-refractivity contribution is -0.138. The van der Waals surface area contributed by atoms with Gasteiger partial charge in [0, 0.05) is 22.8 Å². The summed E-state index contributed by atoms with van der Waals surface area (Å²) in [7, 11) is 1.66. The van der Waals surface area contributed by atoms with Crippen molar-refractivity contribution in [1.29, 1.82) is 0 Å². The number of aryl methyl sites for hydroxylation is 4. The van der Waals surface area contributed by atoms with Crippen LogP contribution in [0.4, 0.5) is 5.69 Å². The Morgan fingerprint density at radius 1 is 0.946 bits per heavy atom. The van der Waals surface area contributed by atoms with Crippen molar-refractivity contribution in [3.63, 3.8) is 0 Å². The molecule has 0 radical (unpaired) electrons. The number of carbonyl (C=O) groups is 2. The molecule has 0 bridgehead atoms. The highest BCUT2D eigenvalue weighted by atomic mass is 16.5. The number of esters is 1. The molecule has 0 aliphatic carbocycles. The monoisotopic (exact) mass is 498 g/mol. The summed E-state index contributed by atoms with van der Waals surface area (Å²) in [5.74, 6) is 0.00857. The molecular formula is C31H34N2O4. The number of nitrogens with zero attached hydrogens (tertiary/aromatic N) is 2. The second kappa shape index (κ2) is 10.1. The molecule has 0 fully saturated rings. The summed E-state index contributed by atoms with van der Waals surface area (Å²) in [6.45, 7) is 13.9. The molecule has 1 aliphatic rings. The number of hydrogen-bond donors (Lipinski definition) is 0. The van der Waals surface area contributed by atoms with E-state index in [4.69, 9.17) is 9.47 Å². The van der Waals surface area contributed by atoms with Gasteiger partial charge in [-0.05, 0) is 107 Å². The number of amides is 1. The number of rotatable bonds is 6. The van der Waals surface area contributed by atoms with E-state index < -0.39 is 5.97 Å². The molecule has 6 heteroatoms. The fourth-order valence-corrected chi connectivity index (χ4v) is 4.89. The van der Waals surface area contributed by atoms with Gasteiger partial charge in [-0.15, -0.1) is 0 Å². The number of ether oxygens (including phenoxy) is 2. The first-order chi connectivity index (χ1) is 17.6. The summed E-state index contributed by atoms with van der Waals surface area (Å²) >= 11 is 0. The largest absolute Gasteiger partial charge is 0.495 e. The van der Waals surface area contributed by atoms with Crippen molar-refractivity contribution in [2.75, 3.05) is 18.6 Å². The maximum absolute atomic E-state index is 13.8. The highest BCUT2D eigenvalue weighted by Gasteiger charge is 2.38. The predicted molar refractivity (Wildman–Crippen MR) is 147 cm³/mol. The number of methoxy groups -OCH3 is 1. The van der Waals surface area contributed by atoms with Gasteiger partial charge in [0.05, 0.1) is 30.6 Å². The van der Waals surface area contributed by atoms with Crippen molar-refractivity contribution in [2.24, 2.45) is 0 Å². The molecular weight excluding hydrogens is 464 g/mol. The van der Waals surface area contributed by atoms with E-state index in [-0.39, 0.29) is 12.5 Å². The van der Waals surface area contributed by atoms with Crippen LogP contribution in [0, 0.1) is 34.6 Å². The number of carbonyl (C=O) groups excluding carboxylic acids is 2. The van der Waals surface area contributed by atoms with Crippen LogP contribution in [0.25, 0.3) is 11.8 Å². The molecule has 0 spiro atoms. The molecule has 0 N–H and O–H groups in total. The Balaban J connectivity index is 1.88. The summed E-state index contributed by atoms with van der Waals surface area (Å²) in [4.78, 5) is 28.5. The highest BCUT2D eigenvalue weighted by Crippen LogP contribution is 2.37. The first kappa shape index (κ1) is 26.0. The maximum atomic E-state index is 13.8. The van der Waals surface area contributed by atoms with Gasteiger partial charge in [-0.2, -0.15) is 0 Å². The summed E-state index contributed by atoms with van der Waals surface area (Å²) in [6, 6.07) is 13.9. The Morgan fingerprint density at radius 3 is 2.32 bits per heavy atom. The molecule has 0 saturated carbocycles. The fourth-order valence-electron chi connectivity index (χ4n) is 4.89. The quantitative estimate of drug-likeness (QED) is 0.296. The zero-order valence-corrected chi connectivity index (χ0v) is 22.9. The fraction of sp³-hybridized carbons (Fsp3) is 0.290. The second-order valence-corrected chi connectivity index (χ2v) is 9.49. The lowest BCUT2D eigenvalue weighted by Gasteiger charge is -2.19. The van der Waals surface area contributed by atoms with Crippen LogP contribution >= 0.6 is 0 Å². The van der Waals surface area contributed by atoms with Crippen LogP contribution in [0.2, 0.25) is 0 Å². The topological polar surface area (TPSA) is 60.8 Å². The van der Waals surface area contributed by atoms with Crippen LogP contribution in [0.15, 0.2) is 59.3 Å². The number of allylic oxidation sites excluding steroid dienone is 1. The van der Waals surface area contributed by atoms with E-state index in [1.54, 1.807) is 31.9 Å². The highest BCUT2D eigenvalue weighted by molar-refractivity contribution is 6.24. The minimum atomic E-state index is -0.500. The molecule has 0 unspecified atom stereocenters. The van der Waals surface area contributed by atoms with Crippen LogP contribution < -0.4 is 9.64 Å². The van der Waals surface area contributed by atoms with Crippen molar-refractivity contribution in [3.05, 3.63) is 92.9 Å². The summed E-state index contributed by atoms with van der Waals surface area (Å²) in [5, 5.41) is 0. The molecule has 0 atom stereocenters. The Kier molecular flexibility index (Phi) is 7.12. The average molecular weight is 499 g/mol. The summed E-state index contributed by atoms with van der Waals surface area (Å²) in [5.41, 5.74) is 8.93. The van der Waals surface area contributed by atoms with E-state index in [2.05, 4.69) is 10.6 Å². The predicted octanol–water partition coefficient (Wildman–Crippen LogP) is 6.30. The Labute approximate surface area is 218 Å². The lowest BCUT2D eigenvalue weighted by atomic mass is 10.0. The molecule has 1 aromatic heterocycles. The molecule has 4 rings (SSSR count). The van der Waals surface area contributed by atoms with Crippen LogP contribution in [0.5, 0.6) is 5.75 Å². The van der Waals surface area contributed by atoms with E-state index in [1.165, 1.54) is 0 Å². The van der Waals surface area contributed by atoms with Gasteiger partial charge in [0.15, 0.2) is 0 Å². The van der Waals surface area contributed by atoms with E-state index in [0.29, 0.717) is 16.8 Å². The van der Waals surface area contributed by atoms with Gasteiger partial charge in [-0.1, -0.05) is 12.1 Å². The number of aromatic nitrogens is 1. The van der Waals surface area contributed by atoms with Gasteiger partial charge in [-0.3, -0.25) is 9.69 Å². The van der Waals surface area contributed by atoms with Gasteiger partial charge in [-0.25, -0.2) is 4.79 Å². The molecule has 2 aromatic carbocycles. The average Bonchev–Trinajstić information content (AvgIpc) is 3.26. The standard InChI is InChI=1S/C31H34N2O4/c1-9-37-31(35)29-23(7)33(25-12-11-19(3)20(4)15-25)30(34)26(29)17-24-16-21(5)32(22(24)6)27-14-18(2)10-13-28(27)36-8/h10-17H,9H2,1-8H3/b26-17-. The van der Waals surface area contributed by atoms with Gasteiger partial charge in [0.1, 0.15) is 5.75 Å². The third-order valence-corrected chi connectivity index (χ3v) is 6.97. The molecule has 1 aliphatic heterocycles. The zero-order valence-electron chi connectivity index (χ0n) is 22.9. The molecule has 0 saturated heterocycles. The minimum Gasteiger partial charge on any atom is -0.495 e. The third kappa shape index (κ3) is 4.59. The van der Waals surface area contributed by atoms with Crippen molar-refractivity contribution in [1.82, 2.24) is 4.57 Å². The molecule has 2 heterocycles. The first-order valence-corrected chi connectivity index (χ1v) is 12.4. The van der Waals surface area contributed by atoms with Gasteiger partial charge in [0.25, 0.3) is 5.91 Å². The molecule has 3 aromatic rings. The van der Waals surface area contributed by atoms with Gasteiger partial charge >= 0.3 is 5.97 Å². The number of benzene rings is 2. The van der Waals surface area contributed by atoms with E-state index in [1.807, 2.05) is 71.0 Å². The van der Waals surface area contributed by atoms with Crippen molar-refractivity contribution >= 4 is 23.6 Å². The Bertz CT molecular complexity index is 1470. The van der Waals surface area contributed by atoms with E-state index >= 15 is 0 Å². The first-order valence-electron chi connectivity index (χ1n) is 12.4. The number of hydrogen-bond acceptors (Lipinski definition) is 4. The van der Waals surface area contributed by atoms with Crippen LogP contribution in [-0.2, 0) is 14.3 Å².